The third-order valence-corrected chi connectivity index (χ3v) is 4.69. The minimum atomic E-state index is -0.781. The molecular weight excluding hydrogens is 351 g/mol. The first-order valence-corrected chi connectivity index (χ1v) is 8.52. The minimum Gasteiger partial charge on any atom is -0.466 e. The monoisotopic (exact) mass is 370 g/mol. The summed E-state index contributed by atoms with van der Waals surface area (Å²) in [5.74, 6) is -1.03. The van der Waals surface area contributed by atoms with Gasteiger partial charge in [0.25, 0.3) is 0 Å². The summed E-state index contributed by atoms with van der Waals surface area (Å²) < 4.78 is 19.3. The van der Waals surface area contributed by atoms with E-state index in [-0.39, 0.29) is 10.6 Å². The highest BCUT2D eigenvalue weighted by molar-refractivity contribution is 7.80. The fourth-order valence-corrected chi connectivity index (χ4v) is 3.36. The van der Waals surface area contributed by atoms with E-state index in [1.807, 2.05) is 4.90 Å². The van der Waals surface area contributed by atoms with Gasteiger partial charge in [-0.3, -0.25) is 0 Å². The van der Waals surface area contributed by atoms with Gasteiger partial charge in [0.15, 0.2) is 5.11 Å². The molecule has 1 aliphatic rings. The van der Waals surface area contributed by atoms with E-state index in [0.29, 0.717) is 22.9 Å². The van der Waals surface area contributed by atoms with Crippen molar-refractivity contribution in [3.8, 4) is 0 Å². The molecule has 0 fully saturated rings. The molecule has 24 heavy (non-hydrogen) atoms. The number of methoxy groups -OCH3 is 1. The fourth-order valence-electron chi connectivity index (χ4n) is 2.74. The zero-order valence-corrected chi connectivity index (χ0v) is 15.4. The van der Waals surface area contributed by atoms with Crippen LogP contribution in [0.3, 0.4) is 0 Å². The van der Waals surface area contributed by atoms with Gasteiger partial charge < -0.3 is 15.0 Å². The van der Waals surface area contributed by atoms with E-state index in [2.05, 4.69) is 12.2 Å². The normalized spacial score (nSPS) is 17.8. The van der Waals surface area contributed by atoms with E-state index in [9.17, 15) is 9.18 Å². The quantitative estimate of drug-likeness (QED) is 0.627. The lowest BCUT2D eigenvalue weighted by atomic mass is 9.94. The zero-order valence-electron chi connectivity index (χ0n) is 13.9. The minimum absolute atomic E-state index is 0.191. The van der Waals surface area contributed by atoms with Crippen LogP contribution in [0.15, 0.2) is 29.5 Å². The van der Waals surface area contributed by atoms with Crippen LogP contribution < -0.4 is 5.32 Å². The highest BCUT2D eigenvalue weighted by Gasteiger charge is 2.36. The van der Waals surface area contributed by atoms with Gasteiger partial charge in [0, 0.05) is 22.8 Å². The van der Waals surface area contributed by atoms with Crippen LogP contribution in [0.25, 0.3) is 0 Å². The second kappa shape index (κ2) is 7.94. The third-order valence-electron chi connectivity index (χ3n) is 4.03. The van der Waals surface area contributed by atoms with Gasteiger partial charge in [-0.25, -0.2) is 9.18 Å². The molecular formula is C17H20ClFN2O2S. The summed E-state index contributed by atoms with van der Waals surface area (Å²) in [6.07, 6.45) is 1.90. The Morgan fingerprint density at radius 1 is 1.50 bits per heavy atom. The van der Waals surface area contributed by atoms with Crippen LogP contribution in [-0.2, 0) is 9.53 Å². The van der Waals surface area contributed by atoms with Crippen LogP contribution in [0.4, 0.5) is 4.39 Å². The Labute approximate surface area is 151 Å². The van der Waals surface area contributed by atoms with Gasteiger partial charge in [-0.15, -0.1) is 0 Å². The number of esters is 1. The summed E-state index contributed by atoms with van der Waals surface area (Å²) in [7, 11) is 1.30. The number of nitrogens with one attached hydrogen (secondary N) is 1. The molecule has 1 aromatic carbocycles. The maximum absolute atomic E-state index is 14.4. The van der Waals surface area contributed by atoms with E-state index in [4.69, 9.17) is 28.6 Å². The SMILES string of the molecule is CCCCN1C(=S)NC(c2c(F)cccc2Cl)C(C(=O)OC)=C1C. The standard InChI is InChI=1S/C17H20ClFN2O2S/c1-4-5-9-21-10(2)13(16(22)23-3)15(20-17(21)24)14-11(18)7-6-8-12(14)19/h6-8,15H,4-5,9H2,1-3H3,(H,20,24). The lowest BCUT2D eigenvalue weighted by Gasteiger charge is -2.37. The van der Waals surface area contributed by atoms with Gasteiger partial charge in [0.1, 0.15) is 5.82 Å². The summed E-state index contributed by atoms with van der Waals surface area (Å²) in [5, 5.41) is 3.71. The van der Waals surface area contributed by atoms with Gasteiger partial charge in [0.05, 0.1) is 18.7 Å². The van der Waals surface area contributed by atoms with Gasteiger partial charge >= 0.3 is 5.97 Å². The Morgan fingerprint density at radius 2 is 2.21 bits per heavy atom. The summed E-state index contributed by atoms with van der Waals surface area (Å²) in [6.45, 7) is 4.53. The lowest BCUT2D eigenvalue weighted by molar-refractivity contribution is -0.136. The molecule has 1 unspecified atom stereocenters. The molecule has 2 rings (SSSR count). The Balaban J connectivity index is 2.57. The number of carbonyl (C=O) groups excluding carboxylic acids is 1. The maximum Gasteiger partial charge on any atom is 0.337 e. The van der Waals surface area contributed by atoms with Crippen molar-refractivity contribution in [1.29, 1.82) is 0 Å². The van der Waals surface area contributed by atoms with Crippen molar-refractivity contribution in [2.45, 2.75) is 32.7 Å². The fraction of sp³-hybridized carbons (Fsp3) is 0.412. The number of nitrogens with zero attached hydrogens (tertiary/aromatic N) is 1. The van der Waals surface area contributed by atoms with Crippen LogP contribution in [0, 0.1) is 5.82 Å². The van der Waals surface area contributed by atoms with Crippen LogP contribution in [0.2, 0.25) is 5.02 Å². The number of unbranched alkanes of at least 4 members (excludes halogenated alkanes) is 1. The van der Waals surface area contributed by atoms with Gasteiger partial charge in [-0.2, -0.15) is 0 Å². The number of thiocarbonyl (C=S) groups is 1. The molecule has 0 saturated carbocycles. The zero-order chi connectivity index (χ0) is 17.9. The Kier molecular flexibility index (Phi) is 6.18. The average Bonchev–Trinajstić information content (AvgIpc) is 2.54. The van der Waals surface area contributed by atoms with Crippen LogP contribution >= 0.6 is 23.8 Å². The van der Waals surface area contributed by atoms with Crippen LogP contribution in [-0.4, -0.2) is 29.6 Å². The molecule has 4 nitrogen and oxygen atoms in total. The number of halogens is 2. The number of ether oxygens (including phenoxy) is 1. The molecule has 0 amide bonds. The molecule has 0 radical (unpaired) electrons. The molecule has 1 heterocycles. The molecule has 0 aliphatic carbocycles. The average molecular weight is 371 g/mol. The summed E-state index contributed by atoms with van der Waals surface area (Å²) in [5.41, 5.74) is 1.16. The summed E-state index contributed by atoms with van der Waals surface area (Å²) in [6, 6.07) is 3.62. The van der Waals surface area contributed by atoms with Crippen molar-refractivity contribution >= 4 is 34.9 Å². The molecule has 0 aromatic heterocycles. The number of benzene rings is 1. The van der Waals surface area contributed by atoms with Crippen LogP contribution in [0.5, 0.6) is 0 Å². The predicted octanol–water partition coefficient (Wildman–Crippen LogP) is 3.96. The third kappa shape index (κ3) is 3.54. The number of carbonyl (C=O) groups is 1. The Morgan fingerprint density at radius 3 is 2.79 bits per heavy atom. The van der Waals surface area contributed by atoms with Crippen LogP contribution in [0.1, 0.15) is 38.3 Å². The number of hydrogen-bond acceptors (Lipinski definition) is 3. The van der Waals surface area contributed by atoms with E-state index in [0.717, 1.165) is 12.8 Å². The maximum atomic E-state index is 14.4. The summed E-state index contributed by atoms with van der Waals surface area (Å²) >= 11 is 11.6. The predicted molar refractivity (Wildman–Crippen MR) is 96.2 cm³/mol. The van der Waals surface area contributed by atoms with E-state index in [1.54, 1.807) is 13.0 Å². The van der Waals surface area contributed by atoms with Gasteiger partial charge in [-0.05, 0) is 37.7 Å². The van der Waals surface area contributed by atoms with Gasteiger partial charge in [-0.1, -0.05) is 31.0 Å². The summed E-state index contributed by atoms with van der Waals surface area (Å²) in [4.78, 5) is 14.2. The largest absolute Gasteiger partial charge is 0.466 e. The Bertz CT molecular complexity index is 673. The molecule has 1 N–H and O–H groups in total. The smallest absolute Gasteiger partial charge is 0.337 e. The van der Waals surface area contributed by atoms with Crippen molar-refractivity contribution in [2.24, 2.45) is 0 Å². The van der Waals surface area contributed by atoms with E-state index < -0.39 is 17.8 Å². The number of rotatable bonds is 5. The molecule has 1 atom stereocenters. The molecule has 1 aliphatic heterocycles. The molecule has 1 aromatic rings. The molecule has 0 bridgehead atoms. The lowest BCUT2D eigenvalue weighted by Crippen LogP contribution is -2.48. The second-order valence-corrected chi connectivity index (χ2v) is 6.31. The highest BCUT2D eigenvalue weighted by Crippen LogP contribution is 2.36. The number of allylic oxidation sites excluding steroid dienone is 1. The van der Waals surface area contributed by atoms with E-state index >= 15 is 0 Å². The van der Waals surface area contributed by atoms with Crippen molar-refractivity contribution in [3.05, 3.63) is 45.9 Å². The van der Waals surface area contributed by atoms with Crippen molar-refractivity contribution in [3.63, 3.8) is 0 Å². The highest BCUT2D eigenvalue weighted by atomic mass is 35.5. The number of hydrogen-bond donors (Lipinski definition) is 1. The second-order valence-electron chi connectivity index (χ2n) is 5.51. The molecule has 7 heteroatoms. The molecule has 130 valence electrons. The Hall–Kier alpha value is -1.66. The molecule has 0 spiro atoms. The molecule has 0 saturated heterocycles. The first-order chi connectivity index (χ1) is 11.4. The first-order valence-electron chi connectivity index (χ1n) is 7.73. The van der Waals surface area contributed by atoms with Gasteiger partial charge in [0.2, 0.25) is 0 Å². The first kappa shape index (κ1) is 18.7. The van der Waals surface area contributed by atoms with Crippen molar-refractivity contribution in [1.82, 2.24) is 10.2 Å². The van der Waals surface area contributed by atoms with E-state index in [1.165, 1.54) is 19.2 Å². The van der Waals surface area contributed by atoms with Crippen molar-refractivity contribution in [2.75, 3.05) is 13.7 Å². The van der Waals surface area contributed by atoms with Crippen molar-refractivity contribution < 1.29 is 13.9 Å². The topological polar surface area (TPSA) is 41.6 Å².